The van der Waals surface area contributed by atoms with Crippen LogP contribution in [0.2, 0.25) is 5.02 Å². The van der Waals surface area contributed by atoms with Gasteiger partial charge in [0, 0.05) is 36.6 Å². The van der Waals surface area contributed by atoms with Gasteiger partial charge in [0.25, 0.3) is 5.92 Å². The molecule has 1 aliphatic heterocycles. The van der Waals surface area contributed by atoms with E-state index in [0.717, 1.165) is 16.7 Å². The van der Waals surface area contributed by atoms with Crippen molar-refractivity contribution in [2.75, 3.05) is 20.3 Å². The van der Waals surface area contributed by atoms with Crippen LogP contribution in [0.1, 0.15) is 5.56 Å². The second kappa shape index (κ2) is 7.55. The van der Waals surface area contributed by atoms with Crippen molar-refractivity contribution in [2.24, 2.45) is 0 Å². The molecule has 8 heteroatoms. The van der Waals surface area contributed by atoms with Crippen molar-refractivity contribution < 1.29 is 18.3 Å². The molecule has 26 heavy (non-hydrogen) atoms. The number of hydrogen-bond donors (Lipinski definition) is 1. The molecule has 1 aromatic carbocycles. The predicted octanol–water partition coefficient (Wildman–Crippen LogP) is 3.58. The number of rotatable bonds is 4. The van der Waals surface area contributed by atoms with E-state index < -0.39 is 24.6 Å². The highest BCUT2D eigenvalue weighted by atomic mass is 35.5. The molecular formula is C18H18ClF2N3O2. The Kier molecular flexibility index (Phi) is 5.38. The highest BCUT2D eigenvalue weighted by molar-refractivity contribution is 6.30. The minimum absolute atomic E-state index is 0.199. The SMILES string of the molecule is CN(Cc1ccncc1-c1cccc(Cl)c1)C(=O)N[C@H]1COCC1(F)F. The molecule has 1 N–H and O–H groups in total. The lowest BCUT2D eigenvalue weighted by atomic mass is 10.0. The van der Waals surface area contributed by atoms with Gasteiger partial charge in [-0.15, -0.1) is 0 Å². The van der Waals surface area contributed by atoms with Crippen molar-refractivity contribution in [3.05, 3.63) is 53.3 Å². The van der Waals surface area contributed by atoms with Crippen LogP contribution in [-0.4, -0.2) is 48.1 Å². The lowest BCUT2D eigenvalue weighted by molar-refractivity contribution is -0.0222. The number of halogens is 3. The molecule has 0 bridgehead atoms. The number of urea groups is 1. The highest BCUT2D eigenvalue weighted by Gasteiger charge is 2.46. The maximum atomic E-state index is 13.6. The van der Waals surface area contributed by atoms with Gasteiger partial charge in [0.1, 0.15) is 12.6 Å². The number of nitrogens with one attached hydrogen (secondary N) is 1. The Labute approximate surface area is 154 Å². The number of aromatic nitrogens is 1. The molecule has 1 aromatic heterocycles. The first-order valence-corrected chi connectivity index (χ1v) is 8.40. The fourth-order valence-electron chi connectivity index (χ4n) is 2.75. The molecule has 0 unspecified atom stereocenters. The van der Waals surface area contributed by atoms with Crippen LogP contribution in [0.5, 0.6) is 0 Å². The molecule has 1 fully saturated rings. The van der Waals surface area contributed by atoms with E-state index in [4.69, 9.17) is 16.3 Å². The van der Waals surface area contributed by atoms with Crippen LogP contribution in [0.25, 0.3) is 11.1 Å². The summed E-state index contributed by atoms with van der Waals surface area (Å²) in [5.74, 6) is -3.06. The van der Waals surface area contributed by atoms with E-state index in [2.05, 4.69) is 10.3 Å². The molecule has 5 nitrogen and oxygen atoms in total. The van der Waals surface area contributed by atoms with E-state index >= 15 is 0 Å². The van der Waals surface area contributed by atoms with Gasteiger partial charge in [0.2, 0.25) is 0 Å². The van der Waals surface area contributed by atoms with Gasteiger partial charge in [-0.2, -0.15) is 0 Å². The van der Waals surface area contributed by atoms with Crippen LogP contribution < -0.4 is 5.32 Å². The Morgan fingerprint density at radius 1 is 1.46 bits per heavy atom. The second-order valence-corrected chi connectivity index (χ2v) is 6.61. The van der Waals surface area contributed by atoms with E-state index in [1.807, 2.05) is 12.1 Å². The molecular weight excluding hydrogens is 364 g/mol. The quantitative estimate of drug-likeness (QED) is 0.880. The van der Waals surface area contributed by atoms with Crippen molar-refractivity contribution in [3.8, 4) is 11.1 Å². The average Bonchev–Trinajstić information content (AvgIpc) is 2.93. The summed E-state index contributed by atoms with van der Waals surface area (Å²) < 4.78 is 32.0. The van der Waals surface area contributed by atoms with Gasteiger partial charge < -0.3 is 15.0 Å². The van der Waals surface area contributed by atoms with E-state index in [0.29, 0.717) is 5.02 Å². The molecule has 2 heterocycles. The summed E-state index contributed by atoms with van der Waals surface area (Å²) in [6, 6.07) is 7.17. The Hall–Kier alpha value is -2.25. The van der Waals surface area contributed by atoms with Crippen LogP contribution in [0.15, 0.2) is 42.7 Å². The molecule has 0 spiro atoms. The lowest BCUT2D eigenvalue weighted by Gasteiger charge is -2.24. The number of hydrogen-bond acceptors (Lipinski definition) is 3. The zero-order valence-corrected chi connectivity index (χ0v) is 14.8. The number of carbonyl (C=O) groups excluding carboxylic acids is 1. The monoisotopic (exact) mass is 381 g/mol. The van der Waals surface area contributed by atoms with Crippen LogP contribution >= 0.6 is 11.6 Å². The van der Waals surface area contributed by atoms with Gasteiger partial charge in [-0.25, -0.2) is 13.6 Å². The van der Waals surface area contributed by atoms with Gasteiger partial charge in [0.15, 0.2) is 0 Å². The van der Waals surface area contributed by atoms with Gasteiger partial charge in [-0.1, -0.05) is 23.7 Å². The predicted molar refractivity (Wildman–Crippen MR) is 94.2 cm³/mol. The lowest BCUT2D eigenvalue weighted by Crippen LogP contribution is -2.50. The summed E-state index contributed by atoms with van der Waals surface area (Å²) in [4.78, 5) is 17.8. The third-order valence-corrected chi connectivity index (χ3v) is 4.42. The summed E-state index contributed by atoms with van der Waals surface area (Å²) in [6.45, 7) is -0.643. The first-order valence-electron chi connectivity index (χ1n) is 8.03. The summed E-state index contributed by atoms with van der Waals surface area (Å²) in [6.07, 6.45) is 3.31. The molecule has 2 amide bonds. The molecule has 138 valence electrons. The van der Waals surface area contributed by atoms with E-state index in [9.17, 15) is 13.6 Å². The van der Waals surface area contributed by atoms with Crippen molar-refractivity contribution in [1.29, 1.82) is 0 Å². The number of nitrogens with zero attached hydrogens (tertiary/aromatic N) is 2. The van der Waals surface area contributed by atoms with E-state index in [1.165, 1.54) is 4.90 Å². The van der Waals surface area contributed by atoms with Gasteiger partial charge in [-0.05, 0) is 29.3 Å². The fourth-order valence-corrected chi connectivity index (χ4v) is 2.94. The average molecular weight is 382 g/mol. The molecule has 3 rings (SSSR count). The van der Waals surface area contributed by atoms with E-state index in [1.54, 1.807) is 37.6 Å². The number of pyridine rings is 1. The Morgan fingerprint density at radius 3 is 2.96 bits per heavy atom. The van der Waals surface area contributed by atoms with E-state index in [-0.39, 0.29) is 13.2 Å². The number of amides is 2. The van der Waals surface area contributed by atoms with Crippen LogP contribution in [0.4, 0.5) is 13.6 Å². The molecule has 1 atom stereocenters. The Bertz CT molecular complexity index is 804. The Morgan fingerprint density at radius 2 is 2.27 bits per heavy atom. The van der Waals surface area contributed by atoms with Crippen LogP contribution in [0.3, 0.4) is 0 Å². The normalized spacial score (nSPS) is 18.5. The minimum atomic E-state index is -3.06. The first kappa shape index (κ1) is 18.5. The minimum Gasteiger partial charge on any atom is -0.373 e. The molecule has 1 aliphatic rings. The first-order chi connectivity index (χ1) is 12.4. The van der Waals surface area contributed by atoms with Crippen molar-refractivity contribution in [1.82, 2.24) is 15.2 Å². The van der Waals surface area contributed by atoms with Crippen molar-refractivity contribution >= 4 is 17.6 Å². The molecule has 0 saturated carbocycles. The number of ether oxygens (including phenoxy) is 1. The topological polar surface area (TPSA) is 54.5 Å². The third kappa shape index (κ3) is 4.11. The van der Waals surface area contributed by atoms with Crippen molar-refractivity contribution in [3.63, 3.8) is 0 Å². The fraction of sp³-hybridized carbons (Fsp3) is 0.333. The number of alkyl halides is 2. The maximum absolute atomic E-state index is 13.6. The Balaban J connectivity index is 1.73. The number of benzene rings is 1. The smallest absolute Gasteiger partial charge is 0.317 e. The maximum Gasteiger partial charge on any atom is 0.317 e. The largest absolute Gasteiger partial charge is 0.373 e. The van der Waals surface area contributed by atoms with Gasteiger partial charge in [-0.3, -0.25) is 4.98 Å². The summed E-state index contributed by atoms with van der Waals surface area (Å²) in [7, 11) is 1.55. The highest BCUT2D eigenvalue weighted by Crippen LogP contribution is 2.27. The van der Waals surface area contributed by atoms with Gasteiger partial charge >= 0.3 is 6.03 Å². The van der Waals surface area contributed by atoms with Crippen LogP contribution in [0, 0.1) is 0 Å². The van der Waals surface area contributed by atoms with Gasteiger partial charge in [0.05, 0.1) is 6.61 Å². The molecule has 0 radical (unpaired) electrons. The summed E-state index contributed by atoms with van der Waals surface area (Å²) in [5.41, 5.74) is 2.52. The zero-order chi connectivity index (χ0) is 18.7. The molecule has 1 saturated heterocycles. The number of carbonyl (C=O) groups is 1. The molecule has 0 aliphatic carbocycles. The van der Waals surface area contributed by atoms with Crippen molar-refractivity contribution in [2.45, 2.75) is 18.5 Å². The second-order valence-electron chi connectivity index (χ2n) is 6.18. The molecule has 2 aromatic rings. The standard InChI is InChI=1S/C18H18ClF2N3O2/c1-24(17(25)23-16-10-26-11-18(16,20)21)9-13-5-6-22-8-15(13)12-3-2-4-14(19)7-12/h2-8,16H,9-11H2,1H3,(H,23,25)/t16-/m0/s1. The summed E-state index contributed by atoms with van der Waals surface area (Å²) in [5, 5.41) is 2.92. The zero-order valence-electron chi connectivity index (χ0n) is 14.1. The third-order valence-electron chi connectivity index (χ3n) is 4.19. The summed E-state index contributed by atoms with van der Waals surface area (Å²) >= 11 is 6.05. The van der Waals surface area contributed by atoms with Crippen LogP contribution in [-0.2, 0) is 11.3 Å².